The fraction of sp³-hybridized carbons (Fsp3) is 0.286. The molecule has 0 atom stereocenters. The highest BCUT2D eigenvalue weighted by molar-refractivity contribution is 7.90. The van der Waals surface area contributed by atoms with Crippen LogP contribution in [0, 0.1) is 0 Å². The van der Waals surface area contributed by atoms with Gasteiger partial charge in [0.15, 0.2) is 15.5 Å². The van der Waals surface area contributed by atoms with E-state index >= 15 is 0 Å². The van der Waals surface area contributed by atoms with Crippen LogP contribution in [0.25, 0.3) is 11.3 Å². The van der Waals surface area contributed by atoms with E-state index in [1.165, 1.54) is 0 Å². The third-order valence-electron chi connectivity index (χ3n) is 3.51. The second-order valence-corrected chi connectivity index (χ2v) is 6.87. The molecule has 0 saturated carbocycles. The quantitative estimate of drug-likeness (QED) is 0.901. The van der Waals surface area contributed by atoms with E-state index < -0.39 is 9.84 Å². The average molecular weight is 305 g/mol. The van der Waals surface area contributed by atoms with Crippen molar-refractivity contribution in [3.8, 4) is 11.3 Å². The van der Waals surface area contributed by atoms with E-state index in [2.05, 4.69) is 10.4 Å². The molecule has 110 valence electrons. The number of hydrogen-bond acceptors (Lipinski definition) is 4. The maximum Gasteiger partial charge on any atom is 0.272 e. The summed E-state index contributed by atoms with van der Waals surface area (Å²) in [5, 5.41) is 6.88. The second-order valence-electron chi connectivity index (χ2n) is 4.91. The second kappa shape index (κ2) is 4.70. The Bertz CT molecular complexity index is 837. The van der Waals surface area contributed by atoms with Crippen molar-refractivity contribution in [1.29, 1.82) is 0 Å². The highest BCUT2D eigenvalue weighted by atomic mass is 32.2. The zero-order valence-corrected chi connectivity index (χ0v) is 12.6. The molecule has 0 saturated heterocycles. The van der Waals surface area contributed by atoms with Crippen molar-refractivity contribution in [1.82, 2.24) is 15.1 Å². The maximum absolute atomic E-state index is 12.4. The Morgan fingerprint density at radius 1 is 1.38 bits per heavy atom. The number of hydrogen-bond donors (Lipinski definition) is 1. The van der Waals surface area contributed by atoms with Crippen LogP contribution in [0.3, 0.4) is 0 Å². The summed E-state index contributed by atoms with van der Waals surface area (Å²) in [7, 11) is -1.73. The van der Waals surface area contributed by atoms with E-state index in [0.29, 0.717) is 28.3 Å². The van der Waals surface area contributed by atoms with E-state index in [0.717, 1.165) is 0 Å². The van der Waals surface area contributed by atoms with Gasteiger partial charge in [-0.3, -0.25) is 9.48 Å². The van der Waals surface area contributed by atoms with E-state index in [1.807, 2.05) is 0 Å². The van der Waals surface area contributed by atoms with Gasteiger partial charge in [-0.1, -0.05) is 18.2 Å². The Hall–Kier alpha value is -2.15. The molecule has 0 unspecified atom stereocenters. The summed E-state index contributed by atoms with van der Waals surface area (Å²) < 4.78 is 26.4. The number of sulfone groups is 1. The minimum Gasteiger partial charge on any atom is -0.351 e. The van der Waals surface area contributed by atoms with Gasteiger partial charge in [-0.05, 0) is 13.0 Å². The SMILES string of the molecule is CCNC(=O)c1nn(C)c2c1CS(=O)(=O)c1ccccc1-2. The number of amides is 1. The molecule has 0 aliphatic carbocycles. The third-order valence-corrected chi connectivity index (χ3v) is 5.20. The number of aromatic nitrogens is 2. The predicted molar refractivity (Wildman–Crippen MR) is 77.5 cm³/mol. The highest BCUT2D eigenvalue weighted by Gasteiger charge is 2.34. The van der Waals surface area contributed by atoms with Crippen molar-refractivity contribution in [3.05, 3.63) is 35.5 Å². The van der Waals surface area contributed by atoms with Crippen molar-refractivity contribution in [2.45, 2.75) is 17.6 Å². The van der Waals surface area contributed by atoms with Crippen molar-refractivity contribution < 1.29 is 13.2 Å². The van der Waals surface area contributed by atoms with Gasteiger partial charge in [0.05, 0.1) is 16.3 Å². The number of fused-ring (bicyclic) bond motifs is 3. The normalized spacial score (nSPS) is 15.1. The van der Waals surface area contributed by atoms with Crippen molar-refractivity contribution in [3.63, 3.8) is 0 Å². The molecule has 0 bridgehead atoms. The van der Waals surface area contributed by atoms with Gasteiger partial charge >= 0.3 is 0 Å². The lowest BCUT2D eigenvalue weighted by Gasteiger charge is -2.17. The van der Waals surface area contributed by atoms with Crippen LogP contribution in [0.1, 0.15) is 23.0 Å². The summed E-state index contributed by atoms with van der Waals surface area (Å²) in [6, 6.07) is 6.81. The number of aryl methyl sites for hydroxylation is 1. The van der Waals surface area contributed by atoms with Crippen molar-refractivity contribution in [2.75, 3.05) is 6.54 Å². The van der Waals surface area contributed by atoms with Crippen LogP contribution in [0.5, 0.6) is 0 Å². The molecule has 2 heterocycles. The molecule has 1 aliphatic rings. The van der Waals surface area contributed by atoms with Crippen LogP contribution in [-0.4, -0.2) is 30.7 Å². The Balaban J connectivity index is 2.29. The van der Waals surface area contributed by atoms with Crippen LogP contribution >= 0.6 is 0 Å². The molecule has 2 aromatic rings. The molecule has 6 nitrogen and oxygen atoms in total. The molecular weight excluding hydrogens is 290 g/mol. The minimum absolute atomic E-state index is 0.187. The molecule has 7 heteroatoms. The first-order valence-electron chi connectivity index (χ1n) is 6.62. The van der Waals surface area contributed by atoms with Gasteiger partial charge in [-0.2, -0.15) is 5.10 Å². The van der Waals surface area contributed by atoms with Crippen LogP contribution in [-0.2, 0) is 22.6 Å². The molecular formula is C14H15N3O3S. The number of nitrogens with one attached hydrogen (secondary N) is 1. The Kier molecular flexibility index (Phi) is 3.09. The van der Waals surface area contributed by atoms with Crippen molar-refractivity contribution >= 4 is 15.7 Å². The summed E-state index contributed by atoms with van der Waals surface area (Å²) in [4.78, 5) is 12.4. The molecule has 0 spiro atoms. The summed E-state index contributed by atoms with van der Waals surface area (Å²) in [5.74, 6) is -0.538. The van der Waals surface area contributed by atoms with Crippen LogP contribution < -0.4 is 5.32 Å². The van der Waals surface area contributed by atoms with Crippen LogP contribution in [0.15, 0.2) is 29.2 Å². The average Bonchev–Trinajstić information content (AvgIpc) is 2.75. The first-order chi connectivity index (χ1) is 9.95. The van der Waals surface area contributed by atoms with Gasteiger partial charge in [0.2, 0.25) is 0 Å². The lowest BCUT2D eigenvalue weighted by Crippen LogP contribution is -2.25. The van der Waals surface area contributed by atoms with Gasteiger partial charge < -0.3 is 5.32 Å². The molecule has 1 aromatic heterocycles. The molecule has 3 rings (SSSR count). The highest BCUT2D eigenvalue weighted by Crippen LogP contribution is 2.38. The van der Waals surface area contributed by atoms with E-state index in [-0.39, 0.29) is 17.4 Å². The Morgan fingerprint density at radius 3 is 2.81 bits per heavy atom. The topological polar surface area (TPSA) is 81.1 Å². The van der Waals surface area contributed by atoms with E-state index in [4.69, 9.17) is 0 Å². The smallest absolute Gasteiger partial charge is 0.272 e. The molecule has 1 N–H and O–H groups in total. The minimum atomic E-state index is -3.45. The van der Waals surface area contributed by atoms with Gasteiger partial charge in [0, 0.05) is 24.7 Å². The summed E-state index contributed by atoms with van der Waals surface area (Å²) in [6.07, 6.45) is 0. The lowest BCUT2D eigenvalue weighted by atomic mass is 10.1. The molecule has 0 radical (unpaired) electrons. The van der Waals surface area contributed by atoms with Gasteiger partial charge in [0.1, 0.15) is 0 Å². The van der Waals surface area contributed by atoms with Crippen molar-refractivity contribution in [2.24, 2.45) is 7.05 Å². The lowest BCUT2D eigenvalue weighted by molar-refractivity contribution is 0.0949. The summed E-state index contributed by atoms with van der Waals surface area (Å²) >= 11 is 0. The zero-order chi connectivity index (χ0) is 15.2. The maximum atomic E-state index is 12.4. The number of benzene rings is 1. The first kappa shape index (κ1) is 13.8. The molecule has 1 amide bonds. The van der Waals surface area contributed by atoms with Crippen LogP contribution in [0.4, 0.5) is 0 Å². The van der Waals surface area contributed by atoms with Gasteiger partial charge in [0.25, 0.3) is 5.91 Å². The molecule has 1 aromatic carbocycles. The zero-order valence-electron chi connectivity index (χ0n) is 11.8. The van der Waals surface area contributed by atoms with Gasteiger partial charge in [-0.25, -0.2) is 8.42 Å². The Labute approximate surface area is 122 Å². The standard InChI is InChI=1S/C14H15N3O3S/c1-3-15-14(18)12-10-8-21(19,20)11-7-5-4-6-9(11)13(10)17(2)16-12/h4-7H,3,8H2,1-2H3,(H,15,18). The number of carbonyl (C=O) groups excluding carboxylic acids is 1. The Morgan fingerprint density at radius 2 is 2.10 bits per heavy atom. The van der Waals surface area contributed by atoms with Crippen LogP contribution in [0.2, 0.25) is 0 Å². The first-order valence-corrected chi connectivity index (χ1v) is 8.27. The fourth-order valence-corrected chi connectivity index (χ4v) is 4.26. The number of carbonyl (C=O) groups is 1. The summed E-state index contributed by atoms with van der Waals surface area (Å²) in [5.41, 5.74) is 1.96. The third kappa shape index (κ3) is 2.04. The van der Waals surface area contributed by atoms with E-state index in [9.17, 15) is 13.2 Å². The summed E-state index contributed by atoms with van der Waals surface area (Å²) in [6.45, 7) is 2.27. The fourth-order valence-electron chi connectivity index (χ4n) is 2.67. The molecule has 1 aliphatic heterocycles. The largest absolute Gasteiger partial charge is 0.351 e. The predicted octanol–water partition coefficient (Wildman–Crippen LogP) is 1.12. The molecule has 21 heavy (non-hydrogen) atoms. The van der Waals surface area contributed by atoms with Gasteiger partial charge in [-0.15, -0.1) is 0 Å². The van der Waals surface area contributed by atoms with E-state index in [1.54, 1.807) is 42.9 Å². The monoisotopic (exact) mass is 305 g/mol. The number of rotatable bonds is 2. The number of nitrogens with zero attached hydrogens (tertiary/aromatic N) is 2. The molecule has 0 fully saturated rings.